The van der Waals surface area contributed by atoms with Crippen molar-refractivity contribution < 1.29 is 22.7 Å². The predicted molar refractivity (Wildman–Crippen MR) is 114 cm³/mol. The Morgan fingerprint density at radius 3 is 2.24 bits per heavy atom. The van der Waals surface area contributed by atoms with E-state index in [1.54, 1.807) is 31.2 Å². The summed E-state index contributed by atoms with van der Waals surface area (Å²) < 4.78 is 36.4. The van der Waals surface area contributed by atoms with Crippen molar-refractivity contribution in [2.24, 2.45) is 0 Å². The van der Waals surface area contributed by atoms with Crippen LogP contribution in [0.4, 0.5) is 5.69 Å². The van der Waals surface area contributed by atoms with Gasteiger partial charge in [0.15, 0.2) is 0 Å². The number of methoxy groups -OCH3 is 1. The van der Waals surface area contributed by atoms with E-state index in [2.05, 4.69) is 5.32 Å². The van der Waals surface area contributed by atoms with Gasteiger partial charge >= 0.3 is 0 Å². The summed E-state index contributed by atoms with van der Waals surface area (Å²) in [6, 6.07) is 11.4. The van der Waals surface area contributed by atoms with Gasteiger partial charge in [-0.25, -0.2) is 8.42 Å². The van der Waals surface area contributed by atoms with E-state index < -0.39 is 22.0 Å². The smallest absolute Gasteiger partial charge is 0.243 e. The lowest BCUT2D eigenvalue weighted by molar-refractivity contribution is -0.121. The summed E-state index contributed by atoms with van der Waals surface area (Å²) in [6.07, 6.45) is 1.07. The third-order valence-electron chi connectivity index (χ3n) is 4.56. The number of nitrogens with zero attached hydrogens (tertiary/aromatic N) is 1. The van der Waals surface area contributed by atoms with E-state index in [-0.39, 0.29) is 13.2 Å². The summed E-state index contributed by atoms with van der Waals surface area (Å²) in [5, 5.41) is 2.73. The van der Waals surface area contributed by atoms with Crippen LogP contribution in [0.25, 0.3) is 0 Å². The zero-order valence-corrected chi connectivity index (χ0v) is 18.2. The van der Waals surface area contributed by atoms with Gasteiger partial charge in [-0.15, -0.1) is 0 Å². The van der Waals surface area contributed by atoms with Gasteiger partial charge in [-0.2, -0.15) is 0 Å². The summed E-state index contributed by atoms with van der Waals surface area (Å²) >= 11 is 0. The van der Waals surface area contributed by atoms with Crippen LogP contribution in [-0.4, -0.2) is 46.9 Å². The predicted octanol–water partition coefficient (Wildman–Crippen LogP) is 2.66. The van der Waals surface area contributed by atoms with Crippen molar-refractivity contribution in [2.45, 2.75) is 26.8 Å². The number of aryl methyl sites for hydroxylation is 2. The van der Waals surface area contributed by atoms with E-state index in [1.165, 1.54) is 12.7 Å². The second kappa shape index (κ2) is 9.65. The number of carbonyl (C=O) groups is 1. The van der Waals surface area contributed by atoms with Crippen LogP contribution in [0.15, 0.2) is 42.5 Å². The number of benzene rings is 2. The van der Waals surface area contributed by atoms with Crippen LogP contribution in [0.3, 0.4) is 0 Å². The second-order valence-corrected chi connectivity index (χ2v) is 8.68. The third kappa shape index (κ3) is 6.12. The molecule has 0 aliphatic heterocycles. The highest BCUT2D eigenvalue weighted by Gasteiger charge is 2.28. The molecule has 0 spiro atoms. The van der Waals surface area contributed by atoms with Crippen LogP contribution in [0.5, 0.6) is 11.5 Å². The Hall–Kier alpha value is -2.74. The number of amides is 1. The van der Waals surface area contributed by atoms with Crippen LogP contribution in [0, 0.1) is 13.8 Å². The maximum absolute atomic E-state index is 12.5. The Bertz CT molecular complexity index is 942. The number of ether oxygens (including phenoxy) is 2. The first-order valence-corrected chi connectivity index (χ1v) is 11.1. The van der Waals surface area contributed by atoms with E-state index in [4.69, 9.17) is 9.47 Å². The molecule has 7 nitrogen and oxygen atoms in total. The van der Waals surface area contributed by atoms with Crippen LogP contribution in [-0.2, 0) is 14.8 Å². The molecule has 0 heterocycles. The van der Waals surface area contributed by atoms with E-state index in [9.17, 15) is 13.2 Å². The van der Waals surface area contributed by atoms with Gasteiger partial charge in [-0.05, 0) is 68.3 Å². The lowest BCUT2D eigenvalue weighted by Gasteiger charge is -2.28. The molecule has 1 amide bonds. The van der Waals surface area contributed by atoms with Crippen LogP contribution >= 0.6 is 0 Å². The quantitative estimate of drug-likeness (QED) is 0.631. The lowest BCUT2D eigenvalue weighted by atomic mass is 10.1. The van der Waals surface area contributed by atoms with Gasteiger partial charge < -0.3 is 14.8 Å². The molecule has 0 saturated heterocycles. The number of rotatable bonds is 9. The maximum atomic E-state index is 12.5. The van der Waals surface area contributed by atoms with Gasteiger partial charge in [0.2, 0.25) is 15.9 Å². The maximum Gasteiger partial charge on any atom is 0.243 e. The van der Waals surface area contributed by atoms with Crippen molar-refractivity contribution in [3.05, 3.63) is 53.6 Å². The Morgan fingerprint density at radius 1 is 1.07 bits per heavy atom. The first kappa shape index (κ1) is 22.5. The molecule has 2 aromatic rings. The van der Waals surface area contributed by atoms with Gasteiger partial charge in [0.25, 0.3) is 0 Å². The standard InChI is InChI=1S/C21H28N2O5S/c1-15-6-9-20(14-16(15)2)28-13-12-22-21(24)17(3)23(29(5,25)26)18-7-10-19(27-4)11-8-18/h6-11,14,17H,12-13H2,1-5H3,(H,22,24)/t17-/m1/s1. The van der Waals surface area contributed by atoms with Crippen LogP contribution in [0.2, 0.25) is 0 Å². The number of hydrogen-bond acceptors (Lipinski definition) is 5. The summed E-state index contributed by atoms with van der Waals surface area (Å²) in [7, 11) is -2.14. The van der Waals surface area contributed by atoms with E-state index >= 15 is 0 Å². The Labute approximate surface area is 172 Å². The molecule has 0 bridgehead atoms. The SMILES string of the molecule is COc1ccc(N([C@H](C)C(=O)NCCOc2ccc(C)c(C)c2)S(C)(=O)=O)cc1. The zero-order chi connectivity index (χ0) is 21.6. The molecule has 0 saturated carbocycles. The molecule has 0 unspecified atom stereocenters. The molecular weight excluding hydrogens is 392 g/mol. The molecule has 0 fully saturated rings. The van der Waals surface area contributed by atoms with E-state index in [0.29, 0.717) is 11.4 Å². The fourth-order valence-electron chi connectivity index (χ4n) is 2.83. The Balaban J connectivity index is 1.98. The minimum atomic E-state index is -3.66. The number of nitrogens with one attached hydrogen (secondary N) is 1. The van der Waals surface area contributed by atoms with Crippen molar-refractivity contribution in [1.82, 2.24) is 5.32 Å². The molecule has 2 aromatic carbocycles. The molecule has 0 aliphatic rings. The van der Waals surface area contributed by atoms with Gasteiger partial charge in [0.1, 0.15) is 24.1 Å². The summed E-state index contributed by atoms with van der Waals surface area (Å²) in [6.45, 7) is 6.12. The molecule has 1 atom stereocenters. The first-order valence-electron chi connectivity index (χ1n) is 9.24. The number of carbonyl (C=O) groups excluding carboxylic acids is 1. The fourth-order valence-corrected chi connectivity index (χ4v) is 4.01. The van der Waals surface area contributed by atoms with Crippen LogP contribution < -0.4 is 19.1 Å². The molecule has 1 N–H and O–H groups in total. The number of sulfonamides is 1. The monoisotopic (exact) mass is 420 g/mol. The normalized spacial score (nSPS) is 12.2. The highest BCUT2D eigenvalue weighted by Crippen LogP contribution is 2.23. The van der Waals surface area contributed by atoms with E-state index in [0.717, 1.165) is 21.9 Å². The number of anilines is 1. The third-order valence-corrected chi connectivity index (χ3v) is 5.81. The van der Waals surface area contributed by atoms with Crippen molar-refractivity contribution in [3.63, 3.8) is 0 Å². The van der Waals surface area contributed by atoms with Crippen molar-refractivity contribution in [3.8, 4) is 11.5 Å². The molecule has 8 heteroatoms. The lowest BCUT2D eigenvalue weighted by Crippen LogP contribution is -2.48. The Kier molecular flexibility index (Phi) is 7.50. The number of hydrogen-bond donors (Lipinski definition) is 1. The van der Waals surface area contributed by atoms with Gasteiger partial charge in [-0.3, -0.25) is 9.10 Å². The minimum Gasteiger partial charge on any atom is -0.497 e. The highest BCUT2D eigenvalue weighted by atomic mass is 32.2. The fraction of sp³-hybridized carbons (Fsp3) is 0.381. The van der Waals surface area contributed by atoms with E-state index in [1.807, 2.05) is 32.0 Å². The van der Waals surface area contributed by atoms with Gasteiger partial charge in [-0.1, -0.05) is 6.07 Å². The molecule has 29 heavy (non-hydrogen) atoms. The largest absolute Gasteiger partial charge is 0.497 e. The summed E-state index contributed by atoms with van der Waals surface area (Å²) in [4.78, 5) is 12.5. The topological polar surface area (TPSA) is 84.9 Å². The van der Waals surface area contributed by atoms with Crippen molar-refractivity contribution in [2.75, 3.05) is 30.8 Å². The molecule has 0 aromatic heterocycles. The zero-order valence-electron chi connectivity index (χ0n) is 17.4. The molecular formula is C21H28N2O5S. The molecule has 0 radical (unpaired) electrons. The average molecular weight is 421 g/mol. The van der Waals surface area contributed by atoms with Gasteiger partial charge in [0, 0.05) is 0 Å². The summed E-state index contributed by atoms with van der Waals surface area (Å²) in [5.41, 5.74) is 2.70. The molecule has 0 aliphatic carbocycles. The minimum absolute atomic E-state index is 0.260. The Morgan fingerprint density at radius 2 is 1.69 bits per heavy atom. The van der Waals surface area contributed by atoms with Crippen molar-refractivity contribution >= 4 is 21.6 Å². The van der Waals surface area contributed by atoms with Crippen molar-refractivity contribution in [1.29, 1.82) is 0 Å². The van der Waals surface area contributed by atoms with Crippen LogP contribution in [0.1, 0.15) is 18.1 Å². The average Bonchev–Trinajstić information content (AvgIpc) is 2.67. The summed E-state index contributed by atoms with van der Waals surface area (Å²) in [5.74, 6) is 0.920. The van der Waals surface area contributed by atoms with Gasteiger partial charge in [0.05, 0.1) is 25.6 Å². The molecule has 158 valence electrons. The molecule has 2 rings (SSSR count). The highest BCUT2D eigenvalue weighted by molar-refractivity contribution is 7.92. The second-order valence-electron chi connectivity index (χ2n) is 6.82. The first-order chi connectivity index (χ1) is 13.6.